The second kappa shape index (κ2) is 6.10. The molecule has 1 amide bonds. The maximum Gasteiger partial charge on any atom is 0.306 e. The standard InChI is InChI=1S/C19H19FN2O3/c20-12-4-6-16-14(8-12)15(9-17(22-16)10-1-2-10)18(23)21-13-5-3-11(7-13)19(24)25/h4,6,8-11,13H,1-3,5,7H2,(H,21,23)(H,24,25)/t11-,13+/m1/s1. The maximum atomic E-state index is 13.7. The molecule has 0 spiro atoms. The Bertz CT molecular complexity index is 863. The molecule has 1 aromatic carbocycles. The average Bonchev–Trinajstić information content (AvgIpc) is 3.33. The van der Waals surface area contributed by atoms with Crippen molar-refractivity contribution in [3.8, 4) is 0 Å². The third-order valence-corrected chi connectivity index (χ3v) is 5.15. The number of pyridine rings is 1. The van der Waals surface area contributed by atoms with Gasteiger partial charge in [-0.25, -0.2) is 4.39 Å². The van der Waals surface area contributed by atoms with Crippen LogP contribution >= 0.6 is 0 Å². The molecule has 0 radical (unpaired) electrons. The Morgan fingerprint density at radius 2 is 1.96 bits per heavy atom. The highest BCUT2D eigenvalue weighted by molar-refractivity contribution is 6.06. The molecule has 2 atom stereocenters. The molecule has 0 aliphatic heterocycles. The number of halogens is 1. The van der Waals surface area contributed by atoms with Gasteiger partial charge in [0, 0.05) is 23.0 Å². The number of carboxylic acid groups (broad SMARTS) is 1. The van der Waals surface area contributed by atoms with E-state index in [9.17, 15) is 14.0 Å². The summed E-state index contributed by atoms with van der Waals surface area (Å²) in [5.41, 5.74) is 1.91. The number of carbonyl (C=O) groups excluding carboxylic acids is 1. The maximum absolute atomic E-state index is 13.7. The number of fused-ring (bicyclic) bond motifs is 1. The SMILES string of the molecule is O=C(N[C@H]1CC[C@@H](C(=O)O)C1)c1cc(C2CC2)nc2ccc(F)cc12. The zero-order valence-corrected chi connectivity index (χ0v) is 13.7. The molecule has 1 heterocycles. The fraction of sp³-hybridized carbons (Fsp3) is 0.421. The first-order chi connectivity index (χ1) is 12.0. The minimum atomic E-state index is -0.816. The van der Waals surface area contributed by atoms with Crippen LogP contribution in [0.4, 0.5) is 4.39 Å². The van der Waals surface area contributed by atoms with Crippen LogP contribution in [0.25, 0.3) is 10.9 Å². The van der Waals surface area contributed by atoms with Crippen LogP contribution in [0, 0.1) is 11.7 Å². The van der Waals surface area contributed by atoms with E-state index in [2.05, 4.69) is 10.3 Å². The number of aliphatic carboxylic acids is 1. The minimum absolute atomic E-state index is 0.158. The van der Waals surface area contributed by atoms with Crippen LogP contribution in [-0.2, 0) is 4.79 Å². The van der Waals surface area contributed by atoms with Gasteiger partial charge in [0.25, 0.3) is 5.91 Å². The number of rotatable bonds is 4. The Hall–Kier alpha value is -2.50. The molecule has 2 fully saturated rings. The van der Waals surface area contributed by atoms with Crippen LogP contribution in [0.2, 0.25) is 0 Å². The lowest BCUT2D eigenvalue weighted by atomic mass is 10.0. The summed E-state index contributed by atoms with van der Waals surface area (Å²) < 4.78 is 13.7. The van der Waals surface area contributed by atoms with Crippen molar-refractivity contribution < 1.29 is 19.1 Å². The summed E-state index contributed by atoms with van der Waals surface area (Å²) >= 11 is 0. The highest BCUT2D eigenvalue weighted by Gasteiger charge is 2.32. The molecule has 6 heteroatoms. The first-order valence-corrected chi connectivity index (χ1v) is 8.65. The smallest absolute Gasteiger partial charge is 0.306 e. The molecule has 2 aromatic rings. The van der Waals surface area contributed by atoms with Gasteiger partial charge in [0.15, 0.2) is 0 Å². The highest BCUT2D eigenvalue weighted by atomic mass is 19.1. The van der Waals surface area contributed by atoms with E-state index in [1.54, 1.807) is 12.1 Å². The molecule has 130 valence electrons. The van der Waals surface area contributed by atoms with E-state index < -0.39 is 17.7 Å². The third-order valence-electron chi connectivity index (χ3n) is 5.15. The first kappa shape index (κ1) is 16.0. The van der Waals surface area contributed by atoms with Crippen LogP contribution in [-0.4, -0.2) is 28.0 Å². The molecule has 5 nitrogen and oxygen atoms in total. The topological polar surface area (TPSA) is 79.3 Å². The van der Waals surface area contributed by atoms with Gasteiger partial charge in [0.1, 0.15) is 5.82 Å². The number of hydrogen-bond acceptors (Lipinski definition) is 3. The van der Waals surface area contributed by atoms with E-state index in [1.807, 2.05) is 0 Å². The van der Waals surface area contributed by atoms with Gasteiger partial charge in [-0.1, -0.05) is 0 Å². The molecular formula is C19H19FN2O3. The molecule has 0 saturated heterocycles. The summed E-state index contributed by atoms with van der Waals surface area (Å²) in [6.45, 7) is 0. The zero-order valence-electron chi connectivity index (χ0n) is 13.7. The number of nitrogens with zero attached hydrogens (tertiary/aromatic N) is 1. The normalized spacial score (nSPS) is 22.9. The van der Waals surface area contributed by atoms with Crippen molar-refractivity contribution in [3.05, 3.63) is 41.3 Å². The van der Waals surface area contributed by atoms with E-state index in [0.717, 1.165) is 18.5 Å². The van der Waals surface area contributed by atoms with Crippen molar-refractivity contribution in [1.82, 2.24) is 10.3 Å². The van der Waals surface area contributed by atoms with E-state index in [0.29, 0.717) is 41.6 Å². The van der Waals surface area contributed by atoms with Gasteiger partial charge in [0.2, 0.25) is 0 Å². The van der Waals surface area contributed by atoms with E-state index in [1.165, 1.54) is 12.1 Å². The lowest BCUT2D eigenvalue weighted by Crippen LogP contribution is -2.33. The minimum Gasteiger partial charge on any atom is -0.481 e. The second-order valence-electron chi connectivity index (χ2n) is 7.05. The van der Waals surface area contributed by atoms with Crippen LogP contribution in [0.15, 0.2) is 24.3 Å². The number of benzene rings is 1. The van der Waals surface area contributed by atoms with Crippen LogP contribution < -0.4 is 5.32 Å². The van der Waals surface area contributed by atoms with Gasteiger partial charge in [-0.3, -0.25) is 14.6 Å². The molecule has 0 bridgehead atoms. The summed E-state index contributed by atoms with van der Waals surface area (Å²) in [4.78, 5) is 28.4. The molecule has 2 aliphatic rings. The molecule has 4 rings (SSSR count). The van der Waals surface area contributed by atoms with Gasteiger partial charge < -0.3 is 10.4 Å². The predicted octanol–water partition coefficient (Wildman–Crippen LogP) is 3.23. The van der Waals surface area contributed by atoms with Crippen molar-refractivity contribution in [2.75, 3.05) is 0 Å². The zero-order chi connectivity index (χ0) is 17.6. The Balaban J connectivity index is 1.64. The fourth-order valence-corrected chi connectivity index (χ4v) is 3.59. The quantitative estimate of drug-likeness (QED) is 0.894. The number of carboxylic acids is 1. The lowest BCUT2D eigenvalue weighted by molar-refractivity contribution is -0.141. The monoisotopic (exact) mass is 342 g/mol. The van der Waals surface area contributed by atoms with E-state index in [-0.39, 0.29) is 11.9 Å². The number of aromatic nitrogens is 1. The lowest BCUT2D eigenvalue weighted by Gasteiger charge is -2.15. The Kier molecular flexibility index (Phi) is 3.90. The van der Waals surface area contributed by atoms with Crippen LogP contribution in [0.1, 0.15) is 54.1 Å². The summed E-state index contributed by atoms with van der Waals surface area (Å²) in [6, 6.07) is 5.89. The number of amides is 1. The van der Waals surface area contributed by atoms with Gasteiger partial charge in [-0.05, 0) is 56.4 Å². The molecule has 2 saturated carbocycles. The fourth-order valence-electron chi connectivity index (χ4n) is 3.59. The first-order valence-electron chi connectivity index (χ1n) is 8.65. The van der Waals surface area contributed by atoms with Crippen LogP contribution in [0.5, 0.6) is 0 Å². The predicted molar refractivity (Wildman–Crippen MR) is 89.9 cm³/mol. The number of carbonyl (C=O) groups is 2. The number of nitrogens with one attached hydrogen (secondary N) is 1. The third kappa shape index (κ3) is 3.21. The Labute approximate surface area is 144 Å². The van der Waals surface area contributed by atoms with Crippen LogP contribution in [0.3, 0.4) is 0 Å². The Morgan fingerprint density at radius 3 is 2.64 bits per heavy atom. The average molecular weight is 342 g/mol. The van der Waals surface area contributed by atoms with E-state index in [4.69, 9.17) is 5.11 Å². The van der Waals surface area contributed by atoms with Crippen molar-refractivity contribution >= 4 is 22.8 Å². The molecule has 2 N–H and O–H groups in total. The summed E-state index contributed by atoms with van der Waals surface area (Å²) in [5.74, 6) is -1.53. The second-order valence-corrected chi connectivity index (χ2v) is 7.05. The van der Waals surface area contributed by atoms with Gasteiger partial charge in [-0.2, -0.15) is 0 Å². The largest absolute Gasteiger partial charge is 0.481 e. The van der Waals surface area contributed by atoms with Crippen molar-refractivity contribution in [2.45, 2.75) is 44.1 Å². The summed E-state index contributed by atoms with van der Waals surface area (Å²) in [7, 11) is 0. The highest BCUT2D eigenvalue weighted by Crippen LogP contribution is 2.40. The molecular weight excluding hydrogens is 323 g/mol. The summed E-state index contributed by atoms with van der Waals surface area (Å²) in [6.07, 6.45) is 3.77. The van der Waals surface area contributed by atoms with Crippen molar-refractivity contribution in [2.24, 2.45) is 5.92 Å². The molecule has 2 aliphatic carbocycles. The van der Waals surface area contributed by atoms with Gasteiger partial charge in [-0.15, -0.1) is 0 Å². The molecule has 0 unspecified atom stereocenters. The van der Waals surface area contributed by atoms with Crippen molar-refractivity contribution in [1.29, 1.82) is 0 Å². The number of hydrogen-bond donors (Lipinski definition) is 2. The Morgan fingerprint density at radius 1 is 1.16 bits per heavy atom. The summed E-state index contributed by atoms with van der Waals surface area (Å²) in [5, 5.41) is 12.5. The van der Waals surface area contributed by atoms with E-state index >= 15 is 0 Å². The molecule has 25 heavy (non-hydrogen) atoms. The van der Waals surface area contributed by atoms with Gasteiger partial charge in [0.05, 0.1) is 17.0 Å². The van der Waals surface area contributed by atoms with Gasteiger partial charge >= 0.3 is 5.97 Å². The van der Waals surface area contributed by atoms with Crippen molar-refractivity contribution in [3.63, 3.8) is 0 Å². The molecule has 1 aromatic heterocycles.